The number of para-hydroxylation sites is 1. The molecule has 0 radical (unpaired) electrons. The van der Waals surface area contributed by atoms with Gasteiger partial charge in [-0.1, -0.05) is 6.07 Å². The number of phenols is 1. The molecule has 0 bridgehead atoms. The lowest BCUT2D eigenvalue weighted by Crippen LogP contribution is -1.96. The lowest BCUT2D eigenvalue weighted by molar-refractivity contribution is 0.373. The predicted octanol–water partition coefficient (Wildman–Crippen LogP) is 2.40. The van der Waals surface area contributed by atoms with E-state index in [0.717, 1.165) is 4.47 Å². The van der Waals surface area contributed by atoms with Crippen LogP contribution in [0.5, 0.6) is 11.5 Å². The first-order valence-corrected chi connectivity index (χ1v) is 6.12. The Balaban J connectivity index is 2.09. The topological polar surface area (TPSA) is 79.6 Å². The molecular formula is C12H11BrN4O2. The number of ether oxygens (including phenoxy) is 1. The number of anilines is 1. The monoisotopic (exact) mass is 322 g/mol. The summed E-state index contributed by atoms with van der Waals surface area (Å²) < 4.78 is 5.79. The van der Waals surface area contributed by atoms with Crippen LogP contribution < -0.4 is 10.2 Å². The third-order valence-electron chi connectivity index (χ3n) is 2.24. The Labute approximate surface area is 118 Å². The molecule has 19 heavy (non-hydrogen) atoms. The molecule has 0 atom stereocenters. The molecule has 0 aliphatic carbocycles. The average Bonchev–Trinajstić information content (AvgIpc) is 2.43. The SMILES string of the molecule is COc1cccc(/C=N\Nc2ncc(Br)cn2)c1O. The van der Waals surface area contributed by atoms with Crippen LogP contribution in [0.1, 0.15) is 5.56 Å². The number of hydrogen-bond donors (Lipinski definition) is 2. The van der Waals surface area contributed by atoms with E-state index in [2.05, 4.69) is 36.4 Å². The van der Waals surface area contributed by atoms with Gasteiger partial charge in [-0.25, -0.2) is 15.4 Å². The Kier molecular flexibility index (Phi) is 4.30. The highest BCUT2D eigenvalue weighted by Gasteiger charge is 2.04. The third-order valence-corrected chi connectivity index (χ3v) is 2.65. The first-order chi connectivity index (χ1) is 9.20. The molecule has 0 fully saturated rings. The molecular weight excluding hydrogens is 312 g/mol. The zero-order chi connectivity index (χ0) is 13.7. The van der Waals surface area contributed by atoms with Gasteiger partial charge in [-0.2, -0.15) is 5.10 Å². The standard InChI is InChI=1S/C12H11BrN4O2/c1-19-10-4-2-3-8(11(10)18)5-16-17-12-14-6-9(13)7-15-12/h2-7,18H,1H3,(H,14,15,17)/b16-5-. The van der Waals surface area contributed by atoms with Crippen LogP contribution in [0.4, 0.5) is 5.95 Å². The van der Waals surface area contributed by atoms with Crippen molar-refractivity contribution in [2.45, 2.75) is 0 Å². The first kappa shape index (κ1) is 13.3. The van der Waals surface area contributed by atoms with Gasteiger partial charge in [0, 0.05) is 18.0 Å². The number of hydrazone groups is 1. The summed E-state index contributed by atoms with van der Waals surface area (Å²) in [7, 11) is 1.49. The van der Waals surface area contributed by atoms with Gasteiger partial charge in [0.05, 0.1) is 17.8 Å². The fraction of sp³-hybridized carbons (Fsp3) is 0.0833. The van der Waals surface area contributed by atoms with Crippen molar-refractivity contribution in [1.29, 1.82) is 0 Å². The lowest BCUT2D eigenvalue weighted by atomic mass is 10.2. The second kappa shape index (κ2) is 6.14. The van der Waals surface area contributed by atoms with E-state index in [1.807, 2.05) is 0 Å². The van der Waals surface area contributed by atoms with Gasteiger partial charge in [-0.3, -0.25) is 0 Å². The molecule has 2 rings (SSSR count). The van der Waals surface area contributed by atoms with Crippen molar-refractivity contribution in [3.63, 3.8) is 0 Å². The molecule has 7 heteroatoms. The van der Waals surface area contributed by atoms with Crippen LogP contribution >= 0.6 is 15.9 Å². The van der Waals surface area contributed by atoms with Crippen LogP contribution in [0.25, 0.3) is 0 Å². The highest BCUT2D eigenvalue weighted by Crippen LogP contribution is 2.27. The largest absolute Gasteiger partial charge is 0.504 e. The Morgan fingerprint density at radius 1 is 1.37 bits per heavy atom. The van der Waals surface area contributed by atoms with Gasteiger partial charge in [0.15, 0.2) is 11.5 Å². The maximum Gasteiger partial charge on any atom is 0.243 e. The van der Waals surface area contributed by atoms with Gasteiger partial charge in [0.1, 0.15) is 0 Å². The fourth-order valence-electron chi connectivity index (χ4n) is 1.34. The van der Waals surface area contributed by atoms with Gasteiger partial charge in [-0.05, 0) is 28.1 Å². The van der Waals surface area contributed by atoms with Crippen LogP contribution in [0.15, 0.2) is 40.2 Å². The second-order valence-corrected chi connectivity index (χ2v) is 4.41. The maximum absolute atomic E-state index is 9.84. The number of methoxy groups -OCH3 is 1. The van der Waals surface area contributed by atoms with E-state index < -0.39 is 0 Å². The minimum Gasteiger partial charge on any atom is -0.504 e. The quantitative estimate of drug-likeness (QED) is 0.667. The lowest BCUT2D eigenvalue weighted by Gasteiger charge is -2.04. The summed E-state index contributed by atoms with van der Waals surface area (Å²) >= 11 is 3.24. The van der Waals surface area contributed by atoms with E-state index in [1.165, 1.54) is 13.3 Å². The number of halogens is 1. The van der Waals surface area contributed by atoms with E-state index >= 15 is 0 Å². The molecule has 0 spiro atoms. The smallest absolute Gasteiger partial charge is 0.243 e. The number of phenolic OH excluding ortho intramolecular Hbond substituents is 1. The third kappa shape index (κ3) is 3.41. The van der Waals surface area contributed by atoms with E-state index in [1.54, 1.807) is 30.6 Å². The Bertz CT molecular complexity index is 587. The van der Waals surface area contributed by atoms with Crippen molar-refractivity contribution in [3.8, 4) is 11.5 Å². The predicted molar refractivity (Wildman–Crippen MR) is 75.6 cm³/mol. The molecule has 1 heterocycles. The molecule has 2 aromatic rings. The van der Waals surface area contributed by atoms with Crippen LogP contribution in [0.3, 0.4) is 0 Å². The summed E-state index contributed by atoms with van der Waals surface area (Å²) in [6, 6.07) is 5.14. The first-order valence-electron chi connectivity index (χ1n) is 5.33. The summed E-state index contributed by atoms with van der Waals surface area (Å²) in [5, 5.41) is 13.8. The summed E-state index contributed by atoms with van der Waals surface area (Å²) in [6.07, 6.45) is 4.67. The van der Waals surface area contributed by atoms with Gasteiger partial charge >= 0.3 is 0 Å². The van der Waals surface area contributed by atoms with Crippen molar-refractivity contribution >= 4 is 28.1 Å². The molecule has 0 aliphatic heterocycles. The molecule has 0 amide bonds. The van der Waals surface area contributed by atoms with Gasteiger partial charge in [0.2, 0.25) is 5.95 Å². The Hall–Kier alpha value is -2.15. The number of nitrogens with zero attached hydrogens (tertiary/aromatic N) is 3. The van der Waals surface area contributed by atoms with E-state index in [-0.39, 0.29) is 5.75 Å². The molecule has 98 valence electrons. The molecule has 1 aromatic carbocycles. The minimum atomic E-state index is 0.0345. The maximum atomic E-state index is 9.84. The van der Waals surface area contributed by atoms with E-state index in [4.69, 9.17) is 4.74 Å². The van der Waals surface area contributed by atoms with Gasteiger partial charge in [-0.15, -0.1) is 0 Å². The second-order valence-electron chi connectivity index (χ2n) is 3.49. The number of aromatic nitrogens is 2. The molecule has 0 unspecified atom stereocenters. The molecule has 1 aromatic heterocycles. The summed E-state index contributed by atoms with van der Waals surface area (Å²) in [5.41, 5.74) is 3.19. The molecule has 6 nitrogen and oxygen atoms in total. The normalized spacial score (nSPS) is 10.6. The van der Waals surface area contributed by atoms with Crippen LogP contribution in [-0.2, 0) is 0 Å². The number of aromatic hydroxyl groups is 1. The Morgan fingerprint density at radius 3 is 2.79 bits per heavy atom. The number of benzene rings is 1. The van der Waals surface area contributed by atoms with Crippen molar-refractivity contribution in [2.75, 3.05) is 12.5 Å². The van der Waals surface area contributed by atoms with Crippen molar-refractivity contribution < 1.29 is 9.84 Å². The Morgan fingerprint density at radius 2 is 2.11 bits per heavy atom. The van der Waals surface area contributed by atoms with Gasteiger partial charge < -0.3 is 9.84 Å². The fourth-order valence-corrected chi connectivity index (χ4v) is 1.54. The van der Waals surface area contributed by atoms with Crippen molar-refractivity contribution in [2.24, 2.45) is 5.10 Å². The molecule has 0 saturated heterocycles. The van der Waals surface area contributed by atoms with E-state index in [9.17, 15) is 5.11 Å². The number of hydrogen-bond acceptors (Lipinski definition) is 6. The highest BCUT2D eigenvalue weighted by molar-refractivity contribution is 9.10. The number of rotatable bonds is 4. The summed E-state index contributed by atoms with van der Waals surface area (Å²) in [5.74, 6) is 0.790. The average molecular weight is 323 g/mol. The zero-order valence-corrected chi connectivity index (χ0v) is 11.6. The zero-order valence-electron chi connectivity index (χ0n) is 10.0. The molecule has 0 saturated carbocycles. The van der Waals surface area contributed by atoms with Crippen molar-refractivity contribution in [1.82, 2.24) is 9.97 Å². The minimum absolute atomic E-state index is 0.0345. The molecule has 0 aliphatic rings. The van der Waals surface area contributed by atoms with E-state index in [0.29, 0.717) is 17.3 Å². The van der Waals surface area contributed by atoms with Crippen molar-refractivity contribution in [3.05, 3.63) is 40.6 Å². The van der Waals surface area contributed by atoms with Crippen LogP contribution in [0, 0.1) is 0 Å². The highest BCUT2D eigenvalue weighted by atomic mass is 79.9. The van der Waals surface area contributed by atoms with Crippen LogP contribution in [-0.4, -0.2) is 28.4 Å². The van der Waals surface area contributed by atoms with Crippen LogP contribution in [0.2, 0.25) is 0 Å². The molecule has 2 N–H and O–H groups in total. The van der Waals surface area contributed by atoms with Gasteiger partial charge in [0.25, 0.3) is 0 Å². The summed E-state index contributed by atoms with van der Waals surface area (Å²) in [4.78, 5) is 7.99. The number of nitrogens with one attached hydrogen (secondary N) is 1. The summed E-state index contributed by atoms with van der Waals surface area (Å²) in [6.45, 7) is 0.